The van der Waals surface area contributed by atoms with E-state index in [1.807, 2.05) is 7.11 Å². The Morgan fingerprint density at radius 2 is 2.33 bits per heavy atom. The van der Waals surface area contributed by atoms with Gasteiger partial charge < -0.3 is 14.6 Å². The maximum absolute atomic E-state index is 5.67. The predicted molar refractivity (Wildman–Crippen MR) is 70.7 cm³/mol. The molecule has 0 bridgehead atoms. The molecule has 0 aromatic carbocycles. The van der Waals surface area contributed by atoms with Gasteiger partial charge in [0.2, 0.25) is 0 Å². The van der Waals surface area contributed by atoms with Crippen LogP contribution < -0.4 is 5.32 Å². The van der Waals surface area contributed by atoms with E-state index >= 15 is 0 Å². The number of methoxy groups -OCH3 is 1. The molecule has 100 valence electrons. The van der Waals surface area contributed by atoms with Crippen LogP contribution in [-0.4, -0.2) is 29.3 Å². The molecule has 1 aromatic rings. The molecule has 4 nitrogen and oxygen atoms in total. The van der Waals surface area contributed by atoms with E-state index in [1.165, 1.54) is 36.5 Å². The summed E-state index contributed by atoms with van der Waals surface area (Å²) in [6, 6.07) is 0.513. The van der Waals surface area contributed by atoms with E-state index < -0.39 is 0 Å². The number of hydrogen-bond acceptors (Lipinski definition) is 3. The average molecular weight is 249 g/mol. The van der Waals surface area contributed by atoms with Gasteiger partial charge in [-0.3, -0.25) is 0 Å². The third-order valence-corrected chi connectivity index (χ3v) is 4.37. The van der Waals surface area contributed by atoms with Crippen molar-refractivity contribution in [2.75, 3.05) is 13.7 Å². The third-order valence-electron chi connectivity index (χ3n) is 4.37. The van der Waals surface area contributed by atoms with Crippen LogP contribution in [0.15, 0.2) is 0 Å². The summed E-state index contributed by atoms with van der Waals surface area (Å²) in [6.07, 6.45) is 6.20. The summed E-state index contributed by atoms with van der Waals surface area (Å²) in [4.78, 5) is 4.83. The van der Waals surface area contributed by atoms with Gasteiger partial charge in [0.15, 0.2) is 0 Å². The van der Waals surface area contributed by atoms with Gasteiger partial charge in [-0.15, -0.1) is 0 Å². The second-order valence-electron chi connectivity index (χ2n) is 5.34. The summed E-state index contributed by atoms with van der Waals surface area (Å²) < 4.78 is 8.19. The van der Waals surface area contributed by atoms with Crippen LogP contribution in [0.1, 0.15) is 49.4 Å². The van der Waals surface area contributed by atoms with Gasteiger partial charge in [0, 0.05) is 38.7 Å². The minimum absolute atomic E-state index is 0.378. The molecule has 0 saturated heterocycles. The Morgan fingerprint density at radius 3 is 3.11 bits per heavy atom. The third kappa shape index (κ3) is 1.88. The molecule has 1 aliphatic heterocycles. The molecule has 2 atom stereocenters. The van der Waals surface area contributed by atoms with Crippen LogP contribution in [0.4, 0.5) is 0 Å². The van der Waals surface area contributed by atoms with Crippen molar-refractivity contribution in [3.63, 3.8) is 0 Å². The maximum Gasteiger partial charge on any atom is 0.109 e. The Bertz CT molecular complexity index is 427. The summed E-state index contributed by atoms with van der Waals surface area (Å²) in [5, 5.41) is 3.41. The van der Waals surface area contributed by atoms with E-state index in [1.54, 1.807) is 0 Å². The molecule has 2 aliphatic rings. The van der Waals surface area contributed by atoms with E-state index in [0.717, 1.165) is 25.9 Å². The molecular formula is C14H23N3O. The van der Waals surface area contributed by atoms with E-state index in [9.17, 15) is 0 Å². The summed E-state index contributed by atoms with van der Waals surface area (Å²) in [5.74, 6) is 1.25. The minimum atomic E-state index is 0.378. The monoisotopic (exact) mass is 249 g/mol. The zero-order valence-corrected chi connectivity index (χ0v) is 11.4. The lowest BCUT2D eigenvalue weighted by Crippen LogP contribution is -2.28. The topological polar surface area (TPSA) is 39.1 Å². The van der Waals surface area contributed by atoms with Gasteiger partial charge in [-0.2, -0.15) is 0 Å². The van der Waals surface area contributed by atoms with Gasteiger partial charge in [-0.25, -0.2) is 4.98 Å². The van der Waals surface area contributed by atoms with Gasteiger partial charge in [0.25, 0.3) is 0 Å². The fraction of sp³-hybridized carbons (Fsp3) is 0.786. The van der Waals surface area contributed by atoms with E-state index in [4.69, 9.17) is 9.72 Å². The zero-order chi connectivity index (χ0) is 12.5. The highest BCUT2D eigenvalue weighted by Gasteiger charge is 2.33. The molecular weight excluding hydrogens is 226 g/mol. The Kier molecular flexibility index (Phi) is 3.39. The summed E-state index contributed by atoms with van der Waals surface area (Å²) in [5.41, 5.74) is 2.72. The molecule has 0 spiro atoms. The van der Waals surface area contributed by atoms with Crippen molar-refractivity contribution < 1.29 is 4.74 Å². The summed E-state index contributed by atoms with van der Waals surface area (Å²) in [7, 11) is 1.85. The van der Waals surface area contributed by atoms with Gasteiger partial charge >= 0.3 is 0 Å². The lowest BCUT2D eigenvalue weighted by Gasteiger charge is -2.25. The van der Waals surface area contributed by atoms with Crippen molar-refractivity contribution in [3.05, 3.63) is 17.2 Å². The van der Waals surface area contributed by atoms with E-state index in [2.05, 4.69) is 16.8 Å². The van der Waals surface area contributed by atoms with Crippen LogP contribution in [0.5, 0.6) is 0 Å². The molecule has 1 N–H and O–H groups in total. The van der Waals surface area contributed by atoms with Gasteiger partial charge in [0.1, 0.15) is 5.82 Å². The standard InChI is InChI=1S/C14H23N3O/c1-3-14-16-10-9-15-8-7-11(10)17(14)12-5-4-6-13(12)18-2/h12-13,15H,3-9H2,1-2H3. The second kappa shape index (κ2) is 5.02. The molecule has 0 radical (unpaired) electrons. The number of hydrogen-bond donors (Lipinski definition) is 1. The summed E-state index contributed by atoms with van der Waals surface area (Å²) >= 11 is 0. The lowest BCUT2D eigenvalue weighted by molar-refractivity contribution is 0.0730. The zero-order valence-electron chi connectivity index (χ0n) is 11.4. The number of imidazole rings is 1. The molecule has 4 heteroatoms. The number of aryl methyl sites for hydroxylation is 1. The number of ether oxygens (including phenoxy) is 1. The molecule has 2 unspecified atom stereocenters. The van der Waals surface area contributed by atoms with Crippen LogP contribution in [0.2, 0.25) is 0 Å². The van der Waals surface area contributed by atoms with Crippen LogP contribution >= 0.6 is 0 Å². The SMILES string of the molecule is CCc1nc2c(n1C1CCCC1OC)CCNC2. The van der Waals surface area contributed by atoms with Crippen molar-refractivity contribution in [2.24, 2.45) is 0 Å². The number of rotatable bonds is 3. The first-order chi connectivity index (χ1) is 8.85. The van der Waals surface area contributed by atoms with Crippen molar-refractivity contribution in [2.45, 2.75) is 57.7 Å². The highest BCUT2D eigenvalue weighted by molar-refractivity contribution is 5.22. The number of aromatic nitrogens is 2. The maximum atomic E-state index is 5.67. The van der Waals surface area contributed by atoms with Crippen molar-refractivity contribution in [3.8, 4) is 0 Å². The fourth-order valence-corrected chi connectivity index (χ4v) is 3.51. The first-order valence-electron chi connectivity index (χ1n) is 7.17. The lowest BCUT2D eigenvalue weighted by atomic mass is 10.1. The van der Waals surface area contributed by atoms with Gasteiger partial charge in [0.05, 0.1) is 17.8 Å². The fourth-order valence-electron chi connectivity index (χ4n) is 3.51. The normalized spacial score (nSPS) is 27.4. The smallest absolute Gasteiger partial charge is 0.109 e. The van der Waals surface area contributed by atoms with Crippen LogP contribution in [0.3, 0.4) is 0 Å². The van der Waals surface area contributed by atoms with Crippen molar-refractivity contribution in [1.82, 2.24) is 14.9 Å². The molecule has 2 heterocycles. The molecule has 18 heavy (non-hydrogen) atoms. The molecule has 0 amide bonds. The largest absolute Gasteiger partial charge is 0.379 e. The van der Waals surface area contributed by atoms with Crippen LogP contribution in [-0.2, 0) is 24.1 Å². The first kappa shape index (κ1) is 12.2. The summed E-state index contributed by atoms with van der Waals surface area (Å²) in [6.45, 7) is 4.21. The Hall–Kier alpha value is -0.870. The molecule has 1 fully saturated rings. The Balaban J connectivity index is 2.01. The molecule has 3 rings (SSSR count). The van der Waals surface area contributed by atoms with Crippen LogP contribution in [0.25, 0.3) is 0 Å². The van der Waals surface area contributed by atoms with Crippen molar-refractivity contribution >= 4 is 0 Å². The van der Waals surface area contributed by atoms with Gasteiger partial charge in [-0.05, 0) is 19.3 Å². The van der Waals surface area contributed by atoms with E-state index in [-0.39, 0.29) is 0 Å². The molecule has 1 aliphatic carbocycles. The van der Waals surface area contributed by atoms with E-state index in [0.29, 0.717) is 12.1 Å². The first-order valence-corrected chi connectivity index (χ1v) is 7.17. The minimum Gasteiger partial charge on any atom is -0.379 e. The van der Waals surface area contributed by atoms with Gasteiger partial charge in [-0.1, -0.05) is 6.92 Å². The molecule has 1 saturated carbocycles. The highest BCUT2D eigenvalue weighted by atomic mass is 16.5. The highest BCUT2D eigenvalue weighted by Crippen LogP contribution is 2.35. The number of nitrogens with one attached hydrogen (secondary N) is 1. The Morgan fingerprint density at radius 1 is 1.44 bits per heavy atom. The predicted octanol–water partition coefficient (Wildman–Crippen LogP) is 1.83. The quantitative estimate of drug-likeness (QED) is 0.888. The average Bonchev–Trinajstić information content (AvgIpc) is 3.01. The Labute approximate surface area is 109 Å². The number of nitrogens with zero attached hydrogens (tertiary/aromatic N) is 2. The molecule has 1 aromatic heterocycles. The van der Waals surface area contributed by atoms with Crippen molar-refractivity contribution in [1.29, 1.82) is 0 Å². The second-order valence-corrected chi connectivity index (χ2v) is 5.34. The van der Waals surface area contributed by atoms with Crippen LogP contribution in [0, 0.1) is 0 Å². The number of fused-ring (bicyclic) bond motifs is 1.